The maximum absolute atomic E-state index is 12.0. The van der Waals surface area contributed by atoms with Gasteiger partial charge in [0.15, 0.2) is 12.4 Å². The molecular formula is C15H13Cl2N3O5S. The average Bonchev–Trinajstić information content (AvgIpc) is 2.62. The fraction of sp³-hybridized carbons (Fsp3) is 0.133. The summed E-state index contributed by atoms with van der Waals surface area (Å²) >= 11 is 11.6. The Balaban J connectivity index is 2.00. The Hall–Kier alpha value is -2.20. The Morgan fingerprint density at radius 1 is 1.23 bits per heavy atom. The standard InChI is InChI=1S/C15H13Cl2N3O5S/c1-18-26(23,24)11-4-2-3-9(5-11)15(22)25-8-13(21)20-14-12(17)6-10(16)7-19-14/h2-7,18H,8H2,1H3,(H,19,20,21). The van der Waals surface area contributed by atoms with Crippen molar-refractivity contribution in [3.8, 4) is 0 Å². The van der Waals surface area contributed by atoms with Crippen molar-refractivity contribution in [3.63, 3.8) is 0 Å². The van der Waals surface area contributed by atoms with Crippen LogP contribution < -0.4 is 10.0 Å². The van der Waals surface area contributed by atoms with Crippen molar-refractivity contribution in [1.82, 2.24) is 9.71 Å². The topological polar surface area (TPSA) is 114 Å². The van der Waals surface area contributed by atoms with Crippen molar-refractivity contribution < 1.29 is 22.7 Å². The summed E-state index contributed by atoms with van der Waals surface area (Å²) in [5.74, 6) is -1.46. The van der Waals surface area contributed by atoms with Crippen LogP contribution in [0.2, 0.25) is 10.0 Å². The second kappa shape index (κ2) is 8.45. The number of nitrogens with zero attached hydrogens (tertiary/aromatic N) is 1. The Labute approximate surface area is 159 Å². The first-order valence-electron chi connectivity index (χ1n) is 7.04. The summed E-state index contributed by atoms with van der Waals surface area (Å²) < 4.78 is 30.5. The zero-order valence-corrected chi connectivity index (χ0v) is 15.7. The third-order valence-corrected chi connectivity index (χ3v) is 4.96. The van der Waals surface area contributed by atoms with Crippen LogP contribution in [0.4, 0.5) is 5.82 Å². The van der Waals surface area contributed by atoms with E-state index in [2.05, 4.69) is 15.0 Å². The smallest absolute Gasteiger partial charge is 0.338 e. The van der Waals surface area contributed by atoms with E-state index in [0.717, 1.165) is 6.07 Å². The monoisotopic (exact) mass is 417 g/mol. The lowest BCUT2D eigenvalue weighted by Crippen LogP contribution is -2.22. The van der Waals surface area contributed by atoms with Crippen LogP contribution in [-0.4, -0.2) is 38.9 Å². The highest BCUT2D eigenvalue weighted by Crippen LogP contribution is 2.22. The Bertz CT molecular complexity index is 950. The molecule has 0 fully saturated rings. The molecule has 1 aromatic carbocycles. The Morgan fingerprint density at radius 3 is 2.62 bits per heavy atom. The fourth-order valence-electron chi connectivity index (χ4n) is 1.80. The molecule has 138 valence electrons. The van der Waals surface area contributed by atoms with Gasteiger partial charge in [0.2, 0.25) is 10.0 Å². The van der Waals surface area contributed by atoms with E-state index in [0.29, 0.717) is 5.02 Å². The molecule has 1 aromatic heterocycles. The van der Waals surface area contributed by atoms with E-state index in [1.807, 2.05) is 0 Å². The SMILES string of the molecule is CNS(=O)(=O)c1cccc(C(=O)OCC(=O)Nc2ncc(Cl)cc2Cl)c1. The summed E-state index contributed by atoms with van der Waals surface area (Å²) in [7, 11) is -2.45. The van der Waals surface area contributed by atoms with E-state index in [-0.39, 0.29) is 21.3 Å². The largest absolute Gasteiger partial charge is 0.452 e. The van der Waals surface area contributed by atoms with E-state index in [1.54, 1.807) is 0 Å². The summed E-state index contributed by atoms with van der Waals surface area (Å²) in [4.78, 5) is 27.6. The van der Waals surface area contributed by atoms with Crippen molar-refractivity contribution in [2.24, 2.45) is 0 Å². The molecule has 0 atom stereocenters. The van der Waals surface area contributed by atoms with Crippen LogP contribution in [0.3, 0.4) is 0 Å². The zero-order chi connectivity index (χ0) is 19.3. The minimum Gasteiger partial charge on any atom is -0.452 e. The lowest BCUT2D eigenvalue weighted by molar-refractivity contribution is -0.119. The van der Waals surface area contributed by atoms with Gasteiger partial charge in [-0.15, -0.1) is 0 Å². The molecule has 2 N–H and O–H groups in total. The fourth-order valence-corrected chi connectivity index (χ4v) is 3.00. The van der Waals surface area contributed by atoms with Crippen LogP contribution in [-0.2, 0) is 19.6 Å². The van der Waals surface area contributed by atoms with Crippen molar-refractivity contribution in [3.05, 3.63) is 52.1 Å². The molecule has 0 unspecified atom stereocenters. The van der Waals surface area contributed by atoms with E-state index in [4.69, 9.17) is 27.9 Å². The molecule has 1 heterocycles. The molecule has 0 spiro atoms. The lowest BCUT2D eigenvalue weighted by Gasteiger charge is -2.08. The van der Waals surface area contributed by atoms with Gasteiger partial charge < -0.3 is 10.1 Å². The summed E-state index contributed by atoms with van der Waals surface area (Å²) in [6.07, 6.45) is 1.29. The molecule has 0 bridgehead atoms. The van der Waals surface area contributed by atoms with Crippen LogP contribution in [0.1, 0.15) is 10.4 Å². The highest BCUT2D eigenvalue weighted by molar-refractivity contribution is 7.89. The number of rotatable bonds is 6. The molecular weight excluding hydrogens is 405 g/mol. The second-order valence-electron chi connectivity index (χ2n) is 4.84. The molecule has 2 aromatic rings. The number of sulfonamides is 1. The second-order valence-corrected chi connectivity index (χ2v) is 7.57. The molecule has 0 saturated carbocycles. The number of benzene rings is 1. The number of hydrogen-bond donors (Lipinski definition) is 2. The molecule has 8 nitrogen and oxygen atoms in total. The van der Waals surface area contributed by atoms with Gasteiger partial charge >= 0.3 is 5.97 Å². The third kappa shape index (κ3) is 5.15. The van der Waals surface area contributed by atoms with E-state index in [1.165, 1.54) is 37.5 Å². The predicted molar refractivity (Wildman–Crippen MR) is 95.9 cm³/mol. The minimum absolute atomic E-state index is 0.0169. The number of ether oxygens (including phenoxy) is 1. The lowest BCUT2D eigenvalue weighted by atomic mass is 10.2. The van der Waals surface area contributed by atoms with E-state index < -0.39 is 28.5 Å². The molecule has 0 radical (unpaired) electrons. The highest BCUT2D eigenvalue weighted by atomic mass is 35.5. The van der Waals surface area contributed by atoms with Crippen LogP contribution in [0, 0.1) is 0 Å². The van der Waals surface area contributed by atoms with Crippen LogP contribution in [0.15, 0.2) is 41.4 Å². The van der Waals surface area contributed by atoms with Crippen molar-refractivity contribution in [2.45, 2.75) is 4.90 Å². The minimum atomic E-state index is -3.71. The Morgan fingerprint density at radius 2 is 1.96 bits per heavy atom. The Kier molecular flexibility index (Phi) is 6.54. The van der Waals surface area contributed by atoms with Gasteiger partial charge in [-0.1, -0.05) is 29.3 Å². The maximum Gasteiger partial charge on any atom is 0.338 e. The summed E-state index contributed by atoms with van der Waals surface area (Å²) in [5, 5.41) is 2.79. The first-order valence-corrected chi connectivity index (χ1v) is 9.28. The molecule has 0 saturated heterocycles. The molecule has 0 aliphatic carbocycles. The number of anilines is 1. The zero-order valence-electron chi connectivity index (χ0n) is 13.3. The first kappa shape index (κ1) is 20.1. The number of nitrogens with one attached hydrogen (secondary N) is 2. The summed E-state index contributed by atoms with van der Waals surface area (Å²) in [6.45, 7) is -0.609. The van der Waals surface area contributed by atoms with Gasteiger partial charge in [-0.05, 0) is 31.3 Å². The molecule has 1 amide bonds. The number of hydrogen-bond acceptors (Lipinski definition) is 6. The normalized spacial score (nSPS) is 11.0. The first-order chi connectivity index (χ1) is 12.2. The number of carbonyl (C=O) groups excluding carboxylic acids is 2. The number of esters is 1. The number of halogens is 2. The maximum atomic E-state index is 12.0. The van der Waals surface area contributed by atoms with Crippen LogP contribution >= 0.6 is 23.2 Å². The highest BCUT2D eigenvalue weighted by Gasteiger charge is 2.16. The summed E-state index contributed by atoms with van der Waals surface area (Å²) in [5.41, 5.74) is -0.0169. The molecule has 2 rings (SSSR count). The van der Waals surface area contributed by atoms with Crippen molar-refractivity contribution in [1.29, 1.82) is 0 Å². The van der Waals surface area contributed by atoms with Gasteiger partial charge in [0, 0.05) is 6.20 Å². The average molecular weight is 418 g/mol. The van der Waals surface area contributed by atoms with Crippen molar-refractivity contribution >= 4 is 50.9 Å². The number of pyridine rings is 1. The number of amides is 1. The van der Waals surface area contributed by atoms with Gasteiger partial charge in [0.25, 0.3) is 5.91 Å². The quantitative estimate of drug-likeness (QED) is 0.695. The number of carbonyl (C=O) groups is 2. The van der Waals surface area contributed by atoms with E-state index >= 15 is 0 Å². The summed E-state index contributed by atoms with van der Waals surface area (Å²) in [6, 6.07) is 6.61. The van der Waals surface area contributed by atoms with Gasteiger partial charge in [0.05, 0.1) is 20.5 Å². The predicted octanol–water partition coefficient (Wildman–Crippen LogP) is 2.09. The number of aromatic nitrogens is 1. The molecule has 0 aliphatic heterocycles. The van der Waals surface area contributed by atoms with Crippen LogP contribution in [0.5, 0.6) is 0 Å². The third-order valence-electron chi connectivity index (χ3n) is 3.05. The van der Waals surface area contributed by atoms with Gasteiger partial charge in [-0.3, -0.25) is 4.79 Å². The molecule has 0 aliphatic rings. The molecule has 26 heavy (non-hydrogen) atoms. The van der Waals surface area contributed by atoms with E-state index in [9.17, 15) is 18.0 Å². The molecule has 11 heteroatoms. The van der Waals surface area contributed by atoms with Gasteiger partial charge in [-0.25, -0.2) is 22.9 Å². The van der Waals surface area contributed by atoms with Crippen LogP contribution in [0.25, 0.3) is 0 Å². The van der Waals surface area contributed by atoms with Crippen molar-refractivity contribution in [2.75, 3.05) is 19.0 Å². The van der Waals surface area contributed by atoms with Gasteiger partial charge in [-0.2, -0.15) is 0 Å². The van der Waals surface area contributed by atoms with Gasteiger partial charge in [0.1, 0.15) is 0 Å².